The molecule has 2 aliphatic rings. The Morgan fingerprint density at radius 2 is 1.91 bits per heavy atom. The van der Waals surface area contributed by atoms with Crippen LogP contribution in [-0.4, -0.2) is 55.0 Å². The van der Waals surface area contributed by atoms with Gasteiger partial charge in [-0.25, -0.2) is 9.59 Å². The molecule has 2 atom stereocenters. The van der Waals surface area contributed by atoms with Crippen LogP contribution < -0.4 is 10.2 Å². The van der Waals surface area contributed by atoms with E-state index in [0.29, 0.717) is 44.2 Å². The van der Waals surface area contributed by atoms with Gasteiger partial charge in [0.25, 0.3) is 0 Å². The number of aromatic carboxylic acids is 1. The van der Waals surface area contributed by atoms with Gasteiger partial charge in [0, 0.05) is 29.8 Å². The van der Waals surface area contributed by atoms with E-state index in [0.717, 1.165) is 30.6 Å². The Hall–Kier alpha value is -2.13. The van der Waals surface area contributed by atoms with E-state index >= 15 is 0 Å². The van der Waals surface area contributed by atoms with Gasteiger partial charge >= 0.3 is 12.1 Å². The van der Waals surface area contributed by atoms with Gasteiger partial charge in [0.1, 0.15) is 11.0 Å². The lowest BCUT2D eigenvalue weighted by Gasteiger charge is -2.35. The average molecular weight is 509 g/mol. The highest BCUT2D eigenvalue weighted by Crippen LogP contribution is 2.40. The molecular weight excluding hydrogens is 468 g/mol. The number of rotatable bonds is 8. The Morgan fingerprint density at radius 1 is 1.23 bits per heavy atom. The number of amides is 2. The summed E-state index contributed by atoms with van der Waals surface area (Å²) >= 11 is 1.24. The Morgan fingerprint density at radius 3 is 2.49 bits per heavy atom. The maximum Gasteiger partial charge on any atom is 0.407 e. The summed E-state index contributed by atoms with van der Waals surface area (Å²) in [6, 6.07) is 1.58. The molecule has 35 heavy (non-hydrogen) atoms. The molecule has 1 aromatic rings. The topological polar surface area (TPSA) is 105 Å². The third kappa shape index (κ3) is 7.19. The maximum atomic E-state index is 13.8. The van der Waals surface area contributed by atoms with Crippen molar-refractivity contribution >= 4 is 35.0 Å². The Kier molecular flexibility index (Phi) is 9.21. The third-order valence-corrected chi connectivity index (χ3v) is 8.48. The molecule has 1 aromatic heterocycles. The standard InChI is InChI=1S/C26H40N2O6S/c1-16-6-8-18(9-7-16)23(29)28(20-14-21(26(3,4)5)35-22(20)24(30)31)17(2)10-12-27-25(32)34-19-11-13-33-15-19/h14,16-19H,6-13,15H2,1-5H3,(H,27,32)(H,30,31)/t16-,17-,18-,19+/m0/s1. The van der Waals surface area contributed by atoms with Gasteiger partial charge in [-0.15, -0.1) is 11.3 Å². The largest absolute Gasteiger partial charge is 0.477 e. The van der Waals surface area contributed by atoms with E-state index in [2.05, 4.69) is 12.2 Å². The van der Waals surface area contributed by atoms with E-state index in [1.807, 2.05) is 33.8 Å². The van der Waals surface area contributed by atoms with Gasteiger partial charge in [0.2, 0.25) is 5.91 Å². The number of carboxylic acids is 1. The van der Waals surface area contributed by atoms with E-state index in [1.165, 1.54) is 11.3 Å². The van der Waals surface area contributed by atoms with Crippen LogP contribution in [0.2, 0.25) is 0 Å². The number of carboxylic acid groups (broad SMARTS) is 1. The number of alkyl carbamates (subject to hydrolysis) is 1. The molecule has 3 rings (SSSR count). The number of carbonyl (C=O) groups is 3. The van der Waals surface area contributed by atoms with Crippen molar-refractivity contribution in [3.63, 3.8) is 0 Å². The molecule has 0 spiro atoms. The molecule has 196 valence electrons. The van der Waals surface area contributed by atoms with Crippen LogP contribution in [0.15, 0.2) is 6.07 Å². The molecule has 0 bridgehead atoms. The minimum Gasteiger partial charge on any atom is -0.477 e. The summed E-state index contributed by atoms with van der Waals surface area (Å²) in [6.45, 7) is 11.6. The minimum atomic E-state index is -1.02. The molecule has 0 aromatic carbocycles. The fraction of sp³-hybridized carbons (Fsp3) is 0.731. The van der Waals surface area contributed by atoms with Crippen molar-refractivity contribution in [3.8, 4) is 0 Å². The van der Waals surface area contributed by atoms with Gasteiger partial charge in [-0.05, 0) is 56.4 Å². The van der Waals surface area contributed by atoms with Crippen LogP contribution in [0.5, 0.6) is 0 Å². The van der Waals surface area contributed by atoms with Crippen LogP contribution in [0.4, 0.5) is 10.5 Å². The molecule has 1 saturated heterocycles. The van der Waals surface area contributed by atoms with Crippen molar-refractivity contribution in [1.82, 2.24) is 5.32 Å². The van der Waals surface area contributed by atoms with Crippen molar-refractivity contribution in [3.05, 3.63) is 15.8 Å². The zero-order valence-electron chi connectivity index (χ0n) is 21.6. The quantitative estimate of drug-likeness (QED) is 0.500. The number of anilines is 1. The molecule has 1 aliphatic heterocycles. The first-order valence-electron chi connectivity index (χ1n) is 12.7. The molecule has 1 aliphatic carbocycles. The van der Waals surface area contributed by atoms with E-state index in [9.17, 15) is 19.5 Å². The molecule has 2 N–H and O–H groups in total. The predicted octanol–water partition coefficient (Wildman–Crippen LogP) is 5.20. The number of nitrogens with one attached hydrogen (secondary N) is 1. The predicted molar refractivity (Wildman–Crippen MR) is 136 cm³/mol. The van der Waals surface area contributed by atoms with Crippen LogP contribution in [0.3, 0.4) is 0 Å². The second-order valence-corrected chi connectivity index (χ2v) is 12.1. The first-order chi connectivity index (χ1) is 16.5. The average Bonchev–Trinajstić information content (AvgIpc) is 3.44. The minimum absolute atomic E-state index is 0.0177. The van der Waals surface area contributed by atoms with E-state index < -0.39 is 12.1 Å². The Labute approximate surface area is 212 Å². The second kappa shape index (κ2) is 11.7. The van der Waals surface area contributed by atoms with Crippen LogP contribution in [0, 0.1) is 11.8 Å². The number of thiophene rings is 1. The Bertz CT molecular complexity index is 894. The monoisotopic (exact) mass is 508 g/mol. The molecule has 2 amide bonds. The zero-order chi connectivity index (χ0) is 25.8. The summed E-state index contributed by atoms with van der Waals surface area (Å²) in [7, 11) is 0. The maximum absolute atomic E-state index is 13.8. The third-order valence-electron chi connectivity index (χ3n) is 6.94. The van der Waals surface area contributed by atoms with Crippen molar-refractivity contribution in [1.29, 1.82) is 0 Å². The van der Waals surface area contributed by atoms with Gasteiger partial charge in [-0.1, -0.05) is 27.7 Å². The molecule has 2 fully saturated rings. The SMILES string of the molecule is C[C@@H](CCNC(=O)O[C@@H]1CCOC1)N(c1cc(C(C)(C)C)sc1C(=O)O)C(=O)[C@H]1CC[C@H](C)CC1. The summed E-state index contributed by atoms with van der Waals surface area (Å²) in [5.74, 6) is -0.554. The lowest BCUT2D eigenvalue weighted by molar-refractivity contribution is -0.124. The van der Waals surface area contributed by atoms with E-state index in [4.69, 9.17) is 9.47 Å². The summed E-state index contributed by atoms with van der Waals surface area (Å²) < 4.78 is 10.6. The highest BCUT2D eigenvalue weighted by atomic mass is 32.1. The normalized spacial score (nSPS) is 23.5. The van der Waals surface area contributed by atoms with Crippen molar-refractivity contribution in [2.24, 2.45) is 11.8 Å². The summed E-state index contributed by atoms with van der Waals surface area (Å²) in [6.07, 6.45) is 4.08. The number of hydrogen-bond donors (Lipinski definition) is 2. The molecular formula is C26H40N2O6S. The Balaban J connectivity index is 1.79. The second-order valence-electron chi connectivity index (χ2n) is 11.0. The van der Waals surface area contributed by atoms with Gasteiger partial charge < -0.3 is 24.8 Å². The zero-order valence-corrected chi connectivity index (χ0v) is 22.4. The van der Waals surface area contributed by atoms with E-state index in [1.54, 1.807) is 4.90 Å². The lowest BCUT2D eigenvalue weighted by atomic mass is 9.82. The van der Waals surface area contributed by atoms with Crippen molar-refractivity contribution in [2.45, 2.75) is 90.7 Å². The number of hydrogen-bond acceptors (Lipinski definition) is 6. The van der Waals surface area contributed by atoms with Crippen LogP contribution in [0.1, 0.15) is 87.7 Å². The fourth-order valence-corrected chi connectivity index (χ4v) is 5.72. The highest BCUT2D eigenvalue weighted by molar-refractivity contribution is 7.14. The number of nitrogens with zero attached hydrogens (tertiary/aromatic N) is 1. The van der Waals surface area contributed by atoms with Crippen LogP contribution in [-0.2, 0) is 19.7 Å². The molecule has 2 heterocycles. The molecule has 8 nitrogen and oxygen atoms in total. The number of carbonyl (C=O) groups excluding carboxylic acids is 2. The summed E-state index contributed by atoms with van der Waals surface area (Å²) in [5.41, 5.74) is 0.231. The summed E-state index contributed by atoms with van der Waals surface area (Å²) in [5, 5.41) is 12.7. The first-order valence-corrected chi connectivity index (χ1v) is 13.5. The van der Waals surface area contributed by atoms with Gasteiger partial charge in [-0.2, -0.15) is 0 Å². The summed E-state index contributed by atoms with van der Waals surface area (Å²) in [4.78, 5) is 41.0. The van der Waals surface area contributed by atoms with Crippen LogP contribution in [0.25, 0.3) is 0 Å². The molecule has 0 radical (unpaired) electrons. The smallest absolute Gasteiger partial charge is 0.407 e. The molecule has 0 unspecified atom stereocenters. The van der Waals surface area contributed by atoms with E-state index in [-0.39, 0.29) is 34.3 Å². The lowest BCUT2D eigenvalue weighted by Crippen LogP contribution is -2.45. The van der Waals surface area contributed by atoms with Crippen LogP contribution >= 0.6 is 11.3 Å². The number of ether oxygens (including phenoxy) is 2. The van der Waals surface area contributed by atoms with Crippen molar-refractivity contribution in [2.75, 3.05) is 24.7 Å². The van der Waals surface area contributed by atoms with Crippen molar-refractivity contribution < 1.29 is 29.0 Å². The fourth-order valence-electron chi connectivity index (χ4n) is 4.67. The van der Waals surface area contributed by atoms with Gasteiger partial charge in [0.15, 0.2) is 0 Å². The van der Waals surface area contributed by atoms with Gasteiger partial charge in [0.05, 0.1) is 18.9 Å². The highest BCUT2D eigenvalue weighted by Gasteiger charge is 2.35. The first kappa shape index (κ1) is 27.5. The van der Waals surface area contributed by atoms with Gasteiger partial charge in [-0.3, -0.25) is 4.79 Å². The molecule has 1 saturated carbocycles. The molecule has 9 heteroatoms.